The summed E-state index contributed by atoms with van der Waals surface area (Å²) < 4.78 is 4.62. The third-order valence-corrected chi connectivity index (χ3v) is 3.23. The van der Waals surface area contributed by atoms with E-state index < -0.39 is 0 Å². The van der Waals surface area contributed by atoms with Crippen LogP contribution < -0.4 is 5.73 Å². The van der Waals surface area contributed by atoms with E-state index in [9.17, 15) is 0 Å². The number of halogens is 1. The molecule has 0 bridgehead atoms. The highest BCUT2D eigenvalue weighted by Crippen LogP contribution is 2.25. The fourth-order valence-corrected chi connectivity index (χ4v) is 2.35. The standard InChI is InChI=1S/C11H16BrN5/c1-3-5-17-11(8(12)7-14-17)10(13)9-4-6-16(2)15-9/h4,6-7,10H,3,5,13H2,1-2H3. The van der Waals surface area contributed by atoms with Gasteiger partial charge in [-0.3, -0.25) is 9.36 Å². The first kappa shape index (κ1) is 12.3. The Morgan fingerprint density at radius 1 is 1.53 bits per heavy atom. The van der Waals surface area contributed by atoms with Crippen molar-refractivity contribution in [3.63, 3.8) is 0 Å². The van der Waals surface area contributed by atoms with Crippen LogP contribution in [0, 0.1) is 0 Å². The molecule has 0 saturated heterocycles. The van der Waals surface area contributed by atoms with Crippen molar-refractivity contribution in [2.45, 2.75) is 25.9 Å². The molecule has 2 aromatic heterocycles. The number of hydrogen-bond acceptors (Lipinski definition) is 3. The van der Waals surface area contributed by atoms with Crippen LogP contribution in [0.4, 0.5) is 0 Å². The molecule has 0 aliphatic heterocycles. The minimum Gasteiger partial charge on any atom is -0.318 e. The zero-order valence-corrected chi connectivity index (χ0v) is 11.6. The molecule has 0 fully saturated rings. The van der Waals surface area contributed by atoms with Crippen molar-refractivity contribution >= 4 is 15.9 Å². The second kappa shape index (κ2) is 5.01. The first-order valence-electron chi connectivity index (χ1n) is 5.59. The fourth-order valence-electron chi connectivity index (χ4n) is 1.81. The number of hydrogen-bond donors (Lipinski definition) is 1. The lowest BCUT2D eigenvalue weighted by Gasteiger charge is -2.12. The van der Waals surface area contributed by atoms with E-state index in [0.29, 0.717) is 0 Å². The minimum absolute atomic E-state index is 0.250. The van der Waals surface area contributed by atoms with Crippen LogP contribution in [0.5, 0.6) is 0 Å². The van der Waals surface area contributed by atoms with E-state index in [1.165, 1.54) is 0 Å². The molecule has 2 rings (SSSR count). The summed E-state index contributed by atoms with van der Waals surface area (Å²) in [5.41, 5.74) is 8.07. The van der Waals surface area contributed by atoms with E-state index in [-0.39, 0.29) is 6.04 Å². The van der Waals surface area contributed by atoms with E-state index in [0.717, 1.165) is 28.8 Å². The highest BCUT2D eigenvalue weighted by Gasteiger charge is 2.19. The Bertz CT molecular complexity index is 502. The summed E-state index contributed by atoms with van der Waals surface area (Å²) in [5.74, 6) is 0. The second-order valence-corrected chi connectivity index (χ2v) is 4.85. The van der Waals surface area contributed by atoms with Crippen molar-refractivity contribution in [3.05, 3.63) is 34.3 Å². The van der Waals surface area contributed by atoms with Crippen LogP contribution in [-0.2, 0) is 13.6 Å². The molecule has 92 valence electrons. The Morgan fingerprint density at radius 3 is 2.88 bits per heavy atom. The van der Waals surface area contributed by atoms with E-state index in [1.54, 1.807) is 10.9 Å². The van der Waals surface area contributed by atoms with E-state index in [2.05, 4.69) is 33.1 Å². The predicted molar refractivity (Wildman–Crippen MR) is 69.5 cm³/mol. The van der Waals surface area contributed by atoms with Crippen molar-refractivity contribution < 1.29 is 0 Å². The monoisotopic (exact) mass is 297 g/mol. The highest BCUT2D eigenvalue weighted by molar-refractivity contribution is 9.10. The van der Waals surface area contributed by atoms with Gasteiger partial charge in [0.15, 0.2) is 0 Å². The lowest BCUT2D eigenvalue weighted by Crippen LogP contribution is -2.18. The van der Waals surface area contributed by atoms with Crippen molar-refractivity contribution in [1.29, 1.82) is 0 Å². The quantitative estimate of drug-likeness (QED) is 0.937. The second-order valence-electron chi connectivity index (χ2n) is 3.99. The molecule has 5 nitrogen and oxygen atoms in total. The molecule has 0 spiro atoms. The minimum atomic E-state index is -0.250. The number of aromatic nitrogens is 4. The van der Waals surface area contributed by atoms with E-state index in [1.807, 2.05) is 24.0 Å². The molecular formula is C11H16BrN5. The Labute approximate surface area is 109 Å². The number of nitrogens with zero attached hydrogens (tertiary/aromatic N) is 4. The van der Waals surface area contributed by atoms with Gasteiger partial charge in [0, 0.05) is 19.8 Å². The van der Waals surface area contributed by atoms with Gasteiger partial charge < -0.3 is 5.73 Å². The SMILES string of the molecule is CCCn1ncc(Br)c1C(N)c1ccn(C)n1. The van der Waals surface area contributed by atoms with Crippen molar-refractivity contribution in [2.75, 3.05) is 0 Å². The molecule has 6 heteroatoms. The van der Waals surface area contributed by atoms with E-state index >= 15 is 0 Å². The molecule has 1 unspecified atom stereocenters. The fraction of sp³-hybridized carbons (Fsp3) is 0.455. The van der Waals surface area contributed by atoms with Crippen LogP contribution in [0.25, 0.3) is 0 Å². The first-order chi connectivity index (χ1) is 8.13. The van der Waals surface area contributed by atoms with Gasteiger partial charge in [-0.1, -0.05) is 6.92 Å². The van der Waals surface area contributed by atoms with Gasteiger partial charge in [-0.25, -0.2) is 0 Å². The van der Waals surface area contributed by atoms with Crippen LogP contribution in [-0.4, -0.2) is 19.6 Å². The largest absolute Gasteiger partial charge is 0.318 e. The zero-order valence-electron chi connectivity index (χ0n) is 9.97. The molecule has 2 heterocycles. The Morgan fingerprint density at radius 2 is 2.29 bits per heavy atom. The lowest BCUT2D eigenvalue weighted by atomic mass is 10.1. The van der Waals surface area contributed by atoms with Gasteiger partial charge in [-0.2, -0.15) is 10.2 Å². The van der Waals surface area contributed by atoms with E-state index in [4.69, 9.17) is 5.73 Å². The molecule has 2 N–H and O–H groups in total. The highest BCUT2D eigenvalue weighted by atomic mass is 79.9. The Balaban J connectivity index is 2.35. The summed E-state index contributed by atoms with van der Waals surface area (Å²) >= 11 is 3.49. The number of aryl methyl sites for hydroxylation is 2. The maximum Gasteiger partial charge on any atom is 0.0927 e. The van der Waals surface area contributed by atoms with Gasteiger partial charge in [-0.05, 0) is 28.4 Å². The van der Waals surface area contributed by atoms with Crippen LogP contribution >= 0.6 is 15.9 Å². The maximum atomic E-state index is 6.24. The molecule has 0 aliphatic rings. The van der Waals surface area contributed by atoms with Gasteiger partial charge in [0.2, 0.25) is 0 Å². The van der Waals surface area contributed by atoms with Gasteiger partial charge in [0.25, 0.3) is 0 Å². The normalized spacial score (nSPS) is 12.9. The molecule has 0 saturated carbocycles. The van der Waals surface area contributed by atoms with Crippen LogP contribution in [0.3, 0.4) is 0 Å². The third kappa shape index (κ3) is 2.42. The molecule has 0 radical (unpaired) electrons. The Kier molecular flexibility index (Phi) is 3.63. The average molecular weight is 298 g/mol. The van der Waals surface area contributed by atoms with Gasteiger partial charge in [0.05, 0.1) is 28.1 Å². The molecule has 0 aromatic carbocycles. The summed E-state index contributed by atoms with van der Waals surface area (Å²) in [4.78, 5) is 0. The number of rotatable bonds is 4. The molecule has 0 amide bonds. The van der Waals surface area contributed by atoms with Crippen LogP contribution in [0.1, 0.15) is 30.8 Å². The van der Waals surface area contributed by atoms with Crippen molar-refractivity contribution in [3.8, 4) is 0 Å². The van der Waals surface area contributed by atoms with Gasteiger partial charge in [0.1, 0.15) is 0 Å². The topological polar surface area (TPSA) is 61.7 Å². The molecule has 17 heavy (non-hydrogen) atoms. The van der Waals surface area contributed by atoms with Crippen molar-refractivity contribution in [1.82, 2.24) is 19.6 Å². The summed E-state index contributed by atoms with van der Waals surface area (Å²) in [5, 5.41) is 8.65. The summed E-state index contributed by atoms with van der Waals surface area (Å²) in [7, 11) is 1.88. The molecule has 2 aromatic rings. The predicted octanol–water partition coefficient (Wildman–Crippen LogP) is 1.84. The first-order valence-corrected chi connectivity index (χ1v) is 6.39. The van der Waals surface area contributed by atoms with Crippen LogP contribution in [0.15, 0.2) is 22.9 Å². The van der Waals surface area contributed by atoms with Crippen LogP contribution in [0.2, 0.25) is 0 Å². The average Bonchev–Trinajstić information content (AvgIpc) is 2.86. The van der Waals surface area contributed by atoms with Crippen molar-refractivity contribution in [2.24, 2.45) is 12.8 Å². The maximum absolute atomic E-state index is 6.24. The molecule has 1 atom stereocenters. The lowest BCUT2D eigenvalue weighted by molar-refractivity contribution is 0.553. The molecule has 0 aliphatic carbocycles. The van der Waals surface area contributed by atoms with Gasteiger partial charge >= 0.3 is 0 Å². The zero-order chi connectivity index (χ0) is 12.4. The smallest absolute Gasteiger partial charge is 0.0927 e. The third-order valence-electron chi connectivity index (χ3n) is 2.62. The summed E-state index contributed by atoms with van der Waals surface area (Å²) in [6, 6.07) is 1.68. The Hall–Kier alpha value is -1.14. The summed E-state index contributed by atoms with van der Waals surface area (Å²) in [6.07, 6.45) is 4.70. The van der Waals surface area contributed by atoms with Gasteiger partial charge in [-0.15, -0.1) is 0 Å². The summed E-state index contributed by atoms with van der Waals surface area (Å²) in [6.45, 7) is 2.98. The molecular weight excluding hydrogens is 282 g/mol. The number of nitrogens with two attached hydrogens (primary N) is 1.